The van der Waals surface area contributed by atoms with E-state index >= 15 is 0 Å². The molecule has 0 saturated carbocycles. The number of benzene rings is 2. The normalized spacial score (nSPS) is 10.5. The van der Waals surface area contributed by atoms with Gasteiger partial charge in [0.05, 0.1) is 6.54 Å². The number of carbonyl (C=O) groups excluding carboxylic acids is 2. The lowest BCUT2D eigenvalue weighted by Crippen LogP contribution is -2.41. The molecule has 2 N–H and O–H groups in total. The maximum Gasteiger partial charge on any atom is 0.305 e. The van der Waals surface area contributed by atoms with Crippen LogP contribution in [0.15, 0.2) is 94.3 Å². The number of hydrogen-bond donors (Lipinski definition) is 2. The highest BCUT2D eigenvalue weighted by Gasteiger charge is 2.13. The lowest BCUT2D eigenvalue weighted by molar-refractivity contribution is 0.0829. The Bertz CT molecular complexity index is 1340. The molecule has 0 unspecified atom stereocenters. The molecule has 2 aromatic carbocycles. The SMILES string of the molecule is O=C(NNC(=O)c1ccc(Cn2ccccc2=O)o1)c1ccc(COc2ccc(Cl)cc2)cc1. The summed E-state index contributed by atoms with van der Waals surface area (Å²) in [5.41, 5.74) is 5.72. The van der Waals surface area contributed by atoms with Crippen LogP contribution in [0.4, 0.5) is 0 Å². The summed E-state index contributed by atoms with van der Waals surface area (Å²) in [6, 6.07) is 21.7. The minimum absolute atomic E-state index is 0.00831. The molecule has 0 radical (unpaired) electrons. The van der Waals surface area contributed by atoms with Gasteiger partial charge in [0.25, 0.3) is 11.5 Å². The molecular weight excluding hydrogens is 458 g/mol. The van der Waals surface area contributed by atoms with Crippen molar-refractivity contribution in [2.75, 3.05) is 0 Å². The highest BCUT2D eigenvalue weighted by molar-refractivity contribution is 6.30. The van der Waals surface area contributed by atoms with Gasteiger partial charge in [0, 0.05) is 22.8 Å². The van der Waals surface area contributed by atoms with E-state index in [4.69, 9.17) is 20.8 Å². The van der Waals surface area contributed by atoms with Gasteiger partial charge < -0.3 is 13.7 Å². The number of nitrogens with zero attached hydrogens (tertiary/aromatic N) is 1. The number of hydrogen-bond acceptors (Lipinski definition) is 5. The average molecular weight is 478 g/mol. The van der Waals surface area contributed by atoms with Gasteiger partial charge in [0.15, 0.2) is 5.76 Å². The van der Waals surface area contributed by atoms with Gasteiger partial charge in [-0.05, 0) is 60.2 Å². The molecule has 4 aromatic rings. The summed E-state index contributed by atoms with van der Waals surface area (Å²) in [5, 5.41) is 0.631. The molecule has 9 heteroatoms. The average Bonchev–Trinajstić information content (AvgIpc) is 3.32. The predicted molar refractivity (Wildman–Crippen MR) is 126 cm³/mol. The quantitative estimate of drug-likeness (QED) is 0.394. The largest absolute Gasteiger partial charge is 0.489 e. The second kappa shape index (κ2) is 10.5. The maximum atomic E-state index is 12.3. The Morgan fingerprint density at radius 3 is 2.35 bits per heavy atom. The fraction of sp³-hybridized carbons (Fsp3) is 0.0800. The molecule has 172 valence electrons. The number of amides is 2. The Labute approximate surface area is 199 Å². The van der Waals surface area contributed by atoms with Gasteiger partial charge in [0.1, 0.15) is 18.1 Å². The molecular formula is C25H20ClN3O5. The van der Waals surface area contributed by atoms with Crippen LogP contribution in [0.1, 0.15) is 32.2 Å². The molecule has 8 nitrogen and oxygen atoms in total. The van der Waals surface area contributed by atoms with Gasteiger partial charge in [-0.3, -0.25) is 25.2 Å². The highest BCUT2D eigenvalue weighted by Crippen LogP contribution is 2.17. The monoisotopic (exact) mass is 477 g/mol. The Morgan fingerprint density at radius 2 is 1.62 bits per heavy atom. The van der Waals surface area contributed by atoms with Crippen molar-refractivity contribution in [2.45, 2.75) is 13.2 Å². The molecule has 34 heavy (non-hydrogen) atoms. The minimum Gasteiger partial charge on any atom is -0.489 e. The number of carbonyl (C=O) groups is 2. The van der Waals surface area contributed by atoms with E-state index in [1.54, 1.807) is 72.9 Å². The van der Waals surface area contributed by atoms with E-state index in [0.29, 0.717) is 28.7 Å². The number of halogens is 1. The molecule has 4 rings (SSSR count). The molecule has 0 aliphatic carbocycles. The summed E-state index contributed by atoms with van der Waals surface area (Å²) < 4.78 is 12.6. The van der Waals surface area contributed by atoms with Gasteiger partial charge in [-0.25, -0.2) is 0 Å². The van der Waals surface area contributed by atoms with Crippen LogP contribution in [0.3, 0.4) is 0 Å². The van der Waals surface area contributed by atoms with Crippen LogP contribution in [-0.4, -0.2) is 16.4 Å². The summed E-state index contributed by atoms with van der Waals surface area (Å²) in [6.45, 7) is 0.517. The summed E-state index contributed by atoms with van der Waals surface area (Å²) in [5.74, 6) is 0.0233. The van der Waals surface area contributed by atoms with E-state index in [0.717, 1.165) is 5.56 Å². The number of rotatable bonds is 7. The van der Waals surface area contributed by atoms with Crippen LogP contribution in [0.2, 0.25) is 5.02 Å². The molecule has 0 aliphatic rings. The van der Waals surface area contributed by atoms with E-state index < -0.39 is 11.8 Å². The van der Waals surface area contributed by atoms with Crippen molar-refractivity contribution in [2.24, 2.45) is 0 Å². The Hall–Kier alpha value is -4.30. The molecule has 0 bridgehead atoms. The molecule has 2 amide bonds. The van der Waals surface area contributed by atoms with E-state index in [1.807, 2.05) is 0 Å². The second-order valence-corrected chi connectivity index (χ2v) is 7.72. The van der Waals surface area contributed by atoms with Crippen LogP contribution in [-0.2, 0) is 13.2 Å². The van der Waals surface area contributed by atoms with Gasteiger partial charge in [-0.15, -0.1) is 0 Å². The van der Waals surface area contributed by atoms with Gasteiger partial charge in [0.2, 0.25) is 0 Å². The van der Waals surface area contributed by atoms with Crippen molar-refractivity contribution in [1.82, 2.24) is 15.4 Å². The minimum atomic E-state index is -0.618. The van der Waals surface area contributed by atoms with Gasteiger partial charge >= 0.3 is 5.91 Å². The van der Waals surface area contributed by atoms with Crippen molar-refractivity contribution in [3.8, 4) is 5.75 Å². The summed E-state index contributed by atoms with van der Waals surface area (Å²) in [6.07, 6.45) is 1.62. The summed E-state index contributed by atoms with van der Waals surface area (Å²) in [4.78, 5) is 36.4. The fourth-order valence-electron chi connectivity index (χ4n) is 3.04. The van der Waals surface area contributed by atoms with Crippen molar-refractivity contribution in [3.63, 3.8) is 0 Å². The van der Waals surface area contributed by atoms with Crippen LogP contribution in [0, 0.1) is 0 Å². The van der Waals surface area contributed by atoms with Crippen LogP contribution < -0.4 is 21.1 Å². The Balaban J connectivity index is 1.27. The third-order valence-electron chi connectivity index (χ3n) is 4.84. The Kier molecular flexibility index (Phi) is 7.10. The third-order valence-corrected chi connectivity index (χ3v) is 5.09. The van der Waals surface area contributed by atoms with Crippen LogP contribution in [0.5, 0.6) is 5.75 Å². The highest BCUT2D eigenvalue weighted by atomic mass is 35.5. The van der Waals surface area contributed by atoms with Crippen molar-refractivity contribution >= 4 is 23.4 Å². The van der Waals surface area contributed by atoms with E-state index in [2.05, 4.69) is 10.9 Å². The van der Waals surface area contributed by atoms with Gasteiger partial charge in [-0.1, -0.05) is 29.8 Å². The predicted octanol–water partition coefficient (Wildman–Crippen LogP) is 3.80. The molecule has 0 atom stereocenters. The first-order valence-electron chi connectivity index (χ1n) is 10.3. The van der Waals surface area contributed by atoms with Crippen LogP contribution in [0.25, 0.3) is 0 Å². The molecule has 0 aliphatic heterocycles. The number of nitrogens with one attached hydrogen (secondary N) is 2. The van der Waals surface area contributed by atoms with Crippen molar-refractivity contribution in [3.05, 3.63) is 123 Å². The zero-order valence-electron chi connectivity index (χ0n) is 17.9. The number of ether oxygens (including phenoxy) is 1. The van der Waals surface area contributed by atoms with E-state index in [-0.39, 0.29) is 17.9 Å². The lowest BCUT2D eigenvalue weighted by atomic mass is 10.1. The number of furan rings is 1. The second-order valence-electron chi connectivity index (χ2n) is 7.28. The number of pyridine rings is 1. The van der Waals surface area contributed by atoms with Crippen molar-refractivity contribution < 1.29 is 18.7 Å². The number of aromatic nitrogens is 1. The molecule has 0 spiro atoms. The third kappa shape index (κ3) is 5.93. The zero-order chi connectivity index (χ0) is 23.9. The van der Waals surface area contributed by atoms with Crippen LogP contribution >= 0.6 is 11.6 Å². The van der Waals surface area contributed by atoms with Gasteiger partial charge in [-0.2, -0.15) is 0 Å². The molecule has 2 aromatic heterocycles. The first-order chi connectivity index (χ1) is 16.5. The van der Waals surface area contributed by atoms with Crippen molar-refractivity contribution in [1.29, 1.82) is 0 Å². The van der Waals surface area contributed by atoms with E-state index in [1.165, 1.54) is 16.7 Å². The fourth-order valence-corrected chi connectivity index (χ4v) is 3.17. The molecule has 0 fully saturated rings. The Morgan fingerprint density at radius 1 is 0.882 bits per heavy atom. The topological polar surface area (TPSA) is 103 Å². The summed E-state index contributed by atoms with van der Waals surface area (Å²) >= 11 is 5.86. The summed E-state index contributed by atoms with van der Waals surface area (Å²) in [7, 11) is 0. The smallest absolute Gasteiger partial charge is 0.305 e. The van der Waals surface area contributed by atoms with E-state index in [9.17, 15) is 14.4 Å². The first kappa shape index (κ1) is 22.9. The standard InChI is InChI=1S/C25H20ClN3O5/c26-19-8-10-20(11-9-19)33-16-17-4-6-18(7-5-17)24(31)27-28-25(32)22-13-12-21(34-22)15-29-14-2-1-3-23(29)30/h1-14H,15-16H2,(H,27,31)(H,28,32). The molecule has 2 heterocycles. The molecule has 0 saturated heterocycles. The lowest BCUT2D eigenvalue weighted by Gasteiger charge is -2.08. The first-order valence-corrected chi connectivity index (χ1v) is 10.7. The zero-order valence-corrected chi connectivity index (χ0v) is 18.6. The number of hydrazine groups is 1. The maximum absolute atomic E-state index is 12.3.